The molecule has 0 aliphatic heterocycles. The SMILES string of the molecule is COc1ccccc1NC(N)=NCc1ccc(NC(=O)c2ccco2)cc1. The maximum Gasteiger partial charge on any atom is 0.291 e. The summed E-state index contributed by atoms with van der Waals surface area (Å²) in [6, 6.07) is 18.1. The van der Waals surface area contributed by atoms with E-state index < -0.39 is 0 Å². The Labute approximate surface area is 156 Å². The topological polar surface area (TPSA) is 102 Å². The van der Waals surface area contributed by atoms with Gasteiger partial charge >= 0.3 is 0 Å². The number of benzene rings is 2. The minimum absolute atomic E-state index is 0.263. The van der Waals surface area contributed by atoms with Gasteiger partial charge in [0.2, 0.25) is 0 Å². The highest BCUT2D eigenvalue weighted by molar-refractivity contribution is 6.02. The van der Waals surface area contributed by atoms with Crippen LogP contribution in [0.4, 0.5) is 11.4 Å². The Balaban J connectivity index is 1.57. The lowest BCUT2D eigenvalue weighted by Gasteiger charge is -2.10. The van der Waals surface area contributed by atoms with Gasteiger partial charge in [-0.25, -0.2) is 4.99 Å². The first-order chi connectivity index (χ1) is 13.2. The molecule has 0 saturated heterocycles. The fraction of sp³-hybridized carbons (Fsp3) is 0.100. The summed E-state index contributed by atoms with van der Waals surface area (Å²) in [5.41, 5.74) is 8.32. The summed E-state index contributed by atoms with van der Waals surface area (Å²) in [5, 5.41) is 5.78. The van der Waals surface area contributed by atoms with E-state index in [0.717, 1.165) is 11.3 Å². The number of nitrogens with two attached hydrogens (primary N) is 1. The standard InChI is InChI=1S/C20H20N4O3/c1-26-17-6-3-2-5-16(17)24-20(21)22-13-14-8-10-15(11-9-14)23-19(25)18-7-4-12-27-18/h2-12H,13H2,1H3,(H,23,25)(H3,21,22,24). The van der Waals surface area contributed by atoms with Crippen LogP contribution in [0.5, 0.6) is 5.75 Å². The van der Waals surface area contributed by atoms with E-state index in [-0.39, 0.29) is 17.6 Å². The van der Waals surface area contributed by atoms with Crippen molar-refractivity contribution >= 4 is 23.2 Å². The van der Waals surface area contributed by atoms with Gasteiger partial charge in [0, 0.05) is 5.69 Å². The maximum absolute atomic E-state index is 11.9. The van der Waals surface area contributed by atoms with Crippen molar-refractivity contribution in [2.45, 2.75) is 6.54 Å². The van der Waals surface area contributed by atoms with Crippen LogP contribution in [0.3, 0.4) is 0 Å². The van der Waals surface area contributed by atoms with Crippen molar-refractivity contribution in [1.82, 2.24) is 0 Å². The smallest absolute Gasteiger partial charge is 0.291 e. The van der Waals surface area contributed by atoms with Crippen LogP contribution in [0, 0.1) is 0 Å². The molecular formula is C20H20N4O3. The number of hydrogen-bond acceptors (Lipinski definition) is 4. The second kappa shape index (κ2) is 8.57. The molecule has 7 heteroatoms. The lowest BCUT2D eigenvalue weighted by molar-refractivity contribution is 0.0996. The highest BCUT2D eigenvalue weighted by Crippen LogP contribution is 2.22. The average Bonchev–Trinajstić information content (AvgIpc) is 3.23. The van der Waals surface area contributed by atoms with E-state index in [1.165, 1.54) is 6.26 Å². The van der Waals surface area contributed by atoms with E-state index in [1.54, 1.807) is 31.4 Å². The largest absolute Gasteiger partial charge is 0.495 e. The molecule has 0 spiro atoms. The Morgan fingerprint density at radius 2 is 1.85 bits per heavy atom. The summed E-state index contributed by atoms with van der Waals surface area (Å²) in [7, 11) is 1.60. The van der Waals surface area contributed by atoms with Crippen LogP contribution < -0.4 is 21.1 Å². The number of hydrogen-bond donors (Lipinski definition) is 3. The first-order valence-electron chi connectivity index (χ1n) is 8.29. The van der Waals surface area contributed by atoms with Crippen LogP contribution in [0.25, 0.3) is 0 Å². The number of methoxy groups -OCH3 is 1. The molecule has 0 radical (unpaired) electrons. The zero-order valence-corrected chi connectivity index (χ0v) is 14.8. The van der Waals surface area contributed by atoms with Crippen molar-refractivity contribution < 1.29 is 13.9 Å². The zero-order valence-electron chi connectivity index (χ0n) is 14.8. The summed E-state index contributed by atoms with van der Waals surface area (Å²) in [6.45, 7) is 0.403. The molecule has 0 unspecified atom stereocenters. The number of rotatable bonds is 6. The van der Waals surface area contributed by atoms with E-state index in [2.05, 4.69) is 15.6 Å². The van der Waals surface area contributed by atoms with Crippen LogP contribution >= 0.6 is 0 Å². The summed E-state index contributed by atoms with van der Waals surface area (Å²) >= 11 is 0. The Morgan fingerprint density at radius 1 is 1.07 bits per heavy atom. The predicted molar refractivity (Wildman–Crippen MR) is 105 cm³/mol. The van der Waals surface area contributed by atoms with Gasteiger partial charge in [0.1, 0.15) is 5.75 Å². The van der Waals surface area contributed by atoms with Crippen molar-refractivity contribution in [1.29, 1.82) is 0 Å². The van der Waals surface area contributed by atoms with E-state index in [0.29, 0.717) is 18.0 Å². The Kier molecular flexibility index (Phi) is 5.73. The van der Waals surface area contributed by atoms with Crippen LogP contribution in [-0.2, 0) is 6.54 Å². The summed E-state index contributed by atoms with van der Waals surface area (Å²) in [6.07, 6.45) is 1.46. The number of guanidine groups is 1. The summed E-state index contributed by atoms with van der Waals surface area (Å²) in [5.74, 6) is 0.942. The number of ether oxygens (including phenoxy) is 1. The molecular weight excluding hydrogens is 344 g/mol. The molecule has 0 aliphatic rings. The van der Waals surface area contributed by atoms with E-state index in [1.807, 2.05) is 36.4 Å². The molecule has 3 rings (SSSR count). The molecule has 1 amide bonds. The number of nitrogens with one attached hydrogen (secondary N) is 2. The monoisotopic (exact) mass is 364 g/mol. The molecule has 4 N–H and O–H groups in total. The molecule has 7 nitrogen and oxygen atoms in total. The fourth-order valence-electron chi connectivity index (χ4n) is 2.40. The number of aliphatic imine (C=N–C) groups is 1. The van der Waals surface area contributed by atoms with Crippen molar-refractivity contribution in [2.24, 2.45) is 10.7 Å². The number of carbonyl (C=O) groups is 1. The van der Waals surface area contributed by atoms with Gasteiger partial charge in [-0.2, -0.15) is 0 Å². The first kappa shape index (κ1) is 18.1. The predicted octanol–water partition coefficient (Wildman–Crippen LogP) is 3.47. The molecule has 138 valence electrons. The molecule has 0 atom stereocenters. The van der Waals surface area contributed by atoms with Gasteiger partial charge in [0.05, 0.1) is 25.6 Å². The van der Waals surface area contributed by atoms with Gasteiger partial charge < -0.3 is 25.5 Å². The fourth-order valence-corrected chi connectivity index (χ4v) is 2.40. The highest BCUT2D eigenvalue weighted by Gasteiger charge is 2.08. The second-order valence-electron chi connectivity index (χ2n) is 5.66. The third-order valence-corrected chi connectivity index (χ3v) is 3.76. The third kappa shape index (κ3) is 4.88. The molecule has 0 aliphatic carbocycles. The molecule has 0 fully saturated rings. The Bertz CT molecular complexity index is 919. The van der Waals surface area contributed by atoms with Gasteiger partial charge in [-0.1, -0.05) is 24.3 Å². The van der Waals surface area contributed by atoms with Crippen LogP contribution in [0.2, 0.25) is 0 Å². The summed E-state index contributed by atoms with van der Waals surface area (Å²) < 4.78 is 10.3. The minimum atomic E-state index is -0.295. The second-order valence-corrected chi connectivity index (χ2v) is 5.66. The Morgan fingerprint density at radius 3 is 2.56 bits per heavy atom. The van der Waals surface area contributed by atoms with E-state index in [9.17, 15) is 4.79 Å². The molecule has 1 heterocycles. The number of carbonyl (C=O) groups excluding carboxylic acids is 1. The number of furan rings is 1. The van der Waals surface area contributed by atoms with Gasteiger partial charge in [0.15, 0.2) is 11.7 Å². The Hall–Kier alpha value is -3.74. The van der Waals surface area contributed by atoms with Crippen molar-refractivity contribution in [3.63, 3.8) is 0 Å². The van der Waals surface area contributed by atoms with E-state index >= 15 is 0 Å². The zero-order chi connectivity index (χ0) is 19.1. The minimum Gasteiger partial charge on any atom is -0.495 e. The molecule has 27 heavy (non-hydrogen) atoms. The van der Waals surface area contributed by atoms with Crippen molar-refractivity contribution in [2.75, 3.05) is 17.7 Å². The molecule has 3 aromatic rings. The van der Waals surface area contributed by atoms with Crippen molar-refractivity contribution in [3.05, 3.63) is 78.3 Å². The lowest BCUT2D eigenvalue weighted by atomic mass is 10.2. The van der Waals surface area contributed by atoms with Gasteiger partial charge in [-0.3, -0.25) is 4.79 Å². The highest BCUT2D eigenvalue weighted by atomic mass is 16.5. The molecule has 2 aromatic carbocycles. The van der Waals surface area contributed by atoms with Gasteiger partial charge in [-0.15, -0.1) is 0 Å². The molecule has 0 saturated carbocycles. The van der Waals surface area contributed by atoms with E-state index in [4.69, 9.17) is 14.9 Å². The normalized spacial score (nSPS) is 11.1. The number of nitrogens with zero attached hydrogens (tertiary/aromatic N) is 1. The maximum atomic E-state index is 11.9. The molecule has 1 aromatic heterocycles. The average molecular weight is 364 g/mol. The molecule has 0 bridgehead atoms. The number of anilines is 2. The van der Waals surface area contributed by atoms with Crippen LogP contribution in [0.15, 0.2) is 76.3 Å². The van der Waals surface area contributed by atoms with Crippen LogP contribution in [-0.4, -0.2) is 19.0 Å². The van der Waals surface area contributed by atoms with Crippen molar-refractivity contribution in [3.8, 4) is 5.75 Å². The number of para-hydroxylation sites is 2. The van der Waals surface area contributed by atoms with Crippen LogP contribution in [0.1, 0.15) is 16.1 Å². The summed E-state index contributed by atoms with van der Waals surface area (Å²) in [4.78, 5) is 16.3. The third-order valence-electron chi connectivity index (χ3n) is 3.76. The number of amides is 1. The first-order valence-corrected chi connectivity index (χ1v) is 8.29. The lowest BCUT2D eigenvalue weighted by Crippen LogP contribution is -2.22. The van der Waals surface area contributed by atoms with Gasteiger partial charge in [0.25, 0.3) is 5.91 Å². The van der Waals surface area contributed by atoms with Gasteiger partial charge in [-0.05, 0) is 42.0 Å². The quantitative estimate of drug-likeness (QED) is 0.459.